The number of amides is 2. The zero-order valence-corrected chi connectivity index (χ0v) is 18.7. The smallest absolute Gasteiger partial charge is 0.254 e. The van der Waals surface area contributed by atoms with Gasteiger partial charge in [-0.05, 0) is 59.7 Å². The third-order valence-electron chi connectivity index (χ3n) is 6.34. The van der Waals surface area contributed by atoms with Crippen molar-refractivity contribution in [1.82, 2.24) is 5.01 Å². The molecule has 2 aliphatic carbocycles. The summed E-state index contributed by atoms with van der Waals surface area (Å²) in [6.45, 7) is 0.288. The quantitative estimate of drug-likeness (QED) is 0.347. The average molecular weight is 471 g/mol. The van der Waals surface area contributed by atoms with Gasteiger partial charge in [-0.3, -0.25) is 9.59 Å². The second-order valence-corrected chi connectivity index (χ2v) is 8.99. The van der Waals surface area contributed by atoms with Crippen LogP contribution < -0.4 is 9.47 Å². The Morgan fingerprint density at radius 2 is 1.72 bits per heavy atom. The summed E-state index contributed by atoms with van der Waals surface area (Å²) in [7, 11) is 1.54. The van der Waals surface area contributed by atoms with E-state index in [0.717, 1.165) is 17.0 Å². The molecule has 8 heteroatoms. The number of hydrogen-bond donors (Lipinski definition) is 0. The molecule has 164 valence electrons. The summed E-state index contributed by atoms with van der Waals surface area (Å²) in [5.74, 6) is 0.432. The maximum Gasteiger partial charge on any atom is 0.254 e. The molecule has 1 aliphatic heterocycles. The normalized spacial score (nSPS) is 25.8. The zero-order chi connectivity index (χ0) is 22.4. The minimum atomic E-state index is -0.263. The fraction of sp³-hybridized carbons (Fsp3) is 0.292. The van der Waals surface area contributed by atoms with Crippen LogP contribution in [0.4, 0.5) is 0 Å². The van der Waals surface area contributed by atoms with E-state index in [9.17, 15) is 9.59 Å². The van der Waals surface area contributed by atoms with E-state index < -0.39 is 0 Å². The van der Waals surface area contributed by atoms with Crippen LogP contribution in [0.15, 0.2) is 53.7 Å². The molecule has 32 heavy (non-hydrogen) atoms. The monoisotopic (exact) mass is 470 g/mol. The van der Waals surface area contributed by atoms with E-state index in [1.54, 1.807) is 37.4 Å². The van der Waals surface area contributed by atoms with Gasteiger partial charge in [-0.25, -0.2) is 0 Å². The van der Waals surface area contributed by atoms with E-state index in [4.69, 9.17) is 32.7 Å². The highest BCUT2D eigenvalue weighted by Crippen LogP contribution is 2.52. The molecule has 0 radical (unpaired) electrons. The lowest BCUT2D eigenvalue weighted by atomic mass is 9.85. The molecule has 5 rings (SSSR count). The standard InChI is InChI=1S/C24H20Cl2N2O4/c1-31-20-9-13(3-7-19(20)32-12-14-2-6-17(25)18(26)8-14)11-27-28-23(29)21-15-4-5-16(10-15)22(21)24(28)30/h2-9,11,15-16,21-22H,10,12H2,1H3/t15-,16-,21-,22+/m0/s1. The van der Waals surface area contributed by atoms with Gasteiger partial charge in [0.1, 0.15) is 6.61 Å². The first-order valence-corrected chi connectivity index (χ1v) is 11.1. The number of ether oxygens (including phenoxy) is 2. The van der Waals surface area contributed by atoms with Crippen LogP contribution in [-0.2, 0) is 16.2 Å². The molecule has 2 aromatic rings. The van der Waals surface area contributed by atoms with Gasteiger partial charge in [-0.2, -0.15) is 10.1 Å². The van der Waals surface area contributed by atoms with Crippen LogP contribution in [0.25, 0.3) is 0 Å². The first kappa shape index (κ1) is 21.0. The van der Waals surface area contributed by atoms with Gasteiger partial charge < -0.3 is 9.47 Å². The Hall–Kier alpha value is -2.83. The van der Waals surface area contributed by atoms with Crippen molar-refractivity contribution in [2.75, 3.05) is 7.11 Å². The second kappa shape index (κ2) is 8.26. The number of fused-ring (bicyclic) bond motifs is 5. The fourth-order valence-electron chi connectivity index (χ4n) is 4.80. The molecule has 3 aliphatic rings. The third-order valence-corrected chi connectivity index (χ3v) is 7.07. The summed E-state index contributed by atoms with van der Waals surface area (Å²) in [4.78, 5) is 25.5. The van der Waals surface area contributed by atoms with Crippen LogP contribution in [0.1, 0.15) is 17.5 Å². The highest BCUT2D eigenvalue weighted by Gasteiger charge is 2.59. The lowest BCUT2D eigenvalue weighted by Gasteiger charge is -2.13. The summed E-state index contributed by atoms with van der Waals surface area (Å²) in [5, 5.41) is 6.19. The Kier molecular flexibility index (Phi) is 5.43. The predicted octanol–water partition coefficient (Wildman–Crippen LogP) is 4.72. The largest absolute Gasteiger partial charge is 0.493 e. The van der Waals surface area contributed by atoms with Crippen molar-refractivity contribution in [1.29, 1.82) is 0 Å². The number of imide groups is 1. The Morgan fingerprint density at radius 1 is 1.00 bits per heavy atom. The Balaban J connectivity index is 1.29. The summed E-state index contributed by atoms with van der Waals surface area (Å²) in [6, 6.07) is 10.6. The van der Waals surface area contributed by atoms with E-state index in [2.05, 4.69) is 17.3 Å². The molecule has 1 heterocycles. The van der Waals surface area contributed by atoms with Gasteiger partial charge >= 0.3 is 0 Å². The van der Waals surface area contributed by atoms with Crippen molar-refractivity contribution >= 4 is 41.2 Å². The number of carbonyl (C=O) groups is 2. The van der Waals surface area contributed by atoms with Crippen LogP contribution >= 0.6 is 23.2 Å². The predicted molar refractivity (Wildman–Crippen MR) is 121 cm³/mol. The van der Waals surface area contributed by atoms with E-state index in [0.29, 0.717) is 27.1 Å². The summed E-state index contributed by atoms with van der Waals surface area (Å²) >= 11 is 12.0. The lowest BCUT2D eigenvalue weighted by Crippen LogP contribution is -2.28. The molecule has 2 bridgehead atoms. The van der Waals surface area contributed by atoms with Crippen LogP contribution in [0, 0.1) is 23.7 Å². The maximum absolute atomic E-state index is 12.7. The molecule has 4 atom stereocenters. The van der Waals surface area contributed by atoms with Crippen molar-refractivity contribution in [3.05, 3.63) is 69.7 Å². The number of hydrogen-bond acceptors (Lipinski definition) is 5. The molecule has 2 fully saturated rings. The third kappa shape index (κ3) is 3.57. The van der Waals surface area contributed by atoms with Gasteiger partial charge in [-0.1, -0.05) is 41.4 Å². The van der Waals surface area contributed by atoms with Gasteiger partial charge in [0.2, 0.25) is 0 Å². The maximum atomic E-state index is 12.7. The Bertz CT molecular complexity index is 1130. The minimum absolute atomic E-state index is 0.161. The number of carbonyl (C=O) groups excluding carboxylic acids is 2. The number of nitrogens with zero attached hydrogens (tertiary/aromatic N) is 2. The lowest BCUT2D eigenvalue weighted by molar-refractivity contribution is -0.140. The summed E-state index contributed by atoms with van der Waals surface area (Å²) in [5.41, 5.74) is 1.55. The van der Waals surface area contributed by atoms with Crippen molar-refractivity contribution in [3.8, 4) is 11.5 Å². The second-order valence-electron chi connectivity index (χ2n) is 8.18. The molecule has 0 aromatic heterocycles. The van der Waals surface area contributed by atoms with Crippen molar-refractivity contribution < 1.29 is 19.1 Å². The molecule has 1 saturated carbocycles. The van der Waals surface area contributed by atoms with Crippen LogP contribution in [-0.4, -0.2) is 30.1 Å². The van der Waals surface area contributed by atoms with Gasteiger partial charge in [0.15, 0.2) is 11.5 Å². The van der Waals surface area contributed by atoms with Gasteiger partial charge in [0.25, 0.3) is 11.8 Å². The number of halogens is 2. The zero-order valence-electron chi connectivity index (χ0n) is 17.2. The number of methoxy groups -OCH3 is 1. The van der Waals surface area contributed by atoms with Crippen molar-refractivity contribution in [2.24, 2.45) is 28.8 Å². The van der Waals surface area contributed by atoms with Gasteiger partial charge in [0.05, 0.1) is 35.2 Å². The number of rotatable bonds is 6. The van der Waals surface area contributed by atoms with E-state index in [1.807, 2.05) is 6.07 Å². The van der Waals surface area contributed by atoms with Crippen LogP contribution in [0.3, 0.4) is 0 Å². The Morgan fingerprint density at radius 3 is 2.38 bits per heavy atom. The molecule has 6 nitrogen and oxygen atoms in total. The molecule has 0 unspecified atom stereocenters. The average Bonchev–Trinajstić information content (AvgIpc) is 3.47. The van der Waals surface area contributed by atoms with Crippen molar-refractivity contribution in [3.63, 3.8) is 0 Å². The summed E-state index contributed by atoms with van der Waals surface area (Å²) < 4.78 is 11.3. The van der Waals surface area contributed by atoms with Crippen LogP contribution in [0.2, 0.25) is 10.0 Å². The number of allylic oxidation sites excluding steroid dienone is 2. The van der Waals surface area contributed by atoms with Gasteiger partial charge in [-0.15, -0.1) is 0 Å². The van der Waals surface area contributed by atoms with Gasteiger partial charge in [0, 0.05) is 0 Å². The first-order valence-electron chi connectivity index (χ1n) is 10.3. The molecular weight excluding hydrogens is 451 g/mol. The van der Waals surface area contributed by atoms with E-state index in [1.165, 1.54) is 6.21 Å². The molecule has 1 saturated heterocycles. The van der Waals surface area contributed by atoms with E-state index >= 15 is 0 Å². The molecule has 0 N–H and O–H groups in total. The minimum Gasteiger partial charge on any atom is -0.493 e. The Labute approximate surface area is 195 Å². The first-order chi connectivity index (χ1) is 15.5. The molecule has 2 aromatic carbocycles. The number of hydrazone groups is 1. The highest BCUT2D eigenvalue weighted by molar-refractivity contribution is 6.42. The molecule has 2 amide bonds. The van der Waals surface area contributed by atoms with E-state index in [-0.39, 0.29) is 42.1 Å². The SMILES string of the molecule is COc1cc(C=NN2C(=O)[C@@H]3[C@H](C2=O)[C@H]2C=C[C@H]3C2)ccc1OCc1ccc(Cl)c(Cl)c1. The highest BCUT2D eigenvalue weighted by atomic mass is 35.5. The fourth-order valence-corrected chi connectivity index (χ4v) is 5.12. The molecule has 0 spiro atoms. The summed E-state index contributed by atoms with van der Waals surface area (Å²) in [6.07, 6.45) is 6.51. The number of benzene rings is 2. The van der Waals surface area contributed by atoms with Crippen LogP contribution in [0.5, 0.6) is 11.5 Å². The van der Waals surface area contributed by atoms with Crippen molar-refractivity contribution in [2.45, 2.75) is 13.0 Å². The molecular formula is C24H20Cl2N2O4. The topological polar surface area (TPSA) is 68.2 Å².